The van der Waals surface area contributed by atoms with Crippen LogP contribution in [0.15, 0.2) is 53.1 Å². The van der Waals surface area contributed by atoms with E-state index in [4.69, 9.17) is 4.74 Å². The SMILES string of the molecule is COc1cc([C@@H]2CC(=O)N3C(=C2C#N)SC[C@]3(O)c2ccc(F)cc2)ccc1O. The zero-order chi connectivity index (χ0) is 20.8. The van der Waals surface area contributed by atoms with Crippen molar-refractivity contribution in [1.82, 2.24) is 4.90 Å². The number of carbonyl (C=O) groups excluding carboxylic acids is 1. The van der Waals surface area contributed by atoms with Crippen molar-refractivity contribution in [2.24, 2.45) is 0 Å². The minimum atomic E-state index is -1.65. The molecule has 0 aliphatic carbocycles. The van der Waals surface area contributed by atoms with E-state index >= 15 is 0 Å². The molecular weight excluding hydrogens is 395 g/mol. The van der Waals surface area contributed by atoms with E-state index in [0.717, 1.165) is 0 Å². The smallest absolute Gasteiger partial charge is 0.231 e. The Morgan fingerprint density at radius 3 is 2.69 bits per heavy atom. The van der Waals surface area contributed by atoms with Crippen molar-refractivity contribution in [3.05, 3.63) is 70.0 Å². The van der Waals surface area contributed by atoms with Gasteiger partial charge in [-0.15, -0.1) is 11.8 Å². The highest BCUT2D eigenvalue weighted by Crippen LogP contribution is 2.52. The maximum absolute atomic E-state index is 13.3. The van der Waals surface area contributed by atoms with Crippen LogP contribution in [0, 0.1) is 17.1 Å². The van der Waals surface area contributed by atoms with E-state index in [0.29, 0.717) is 21.7 Å². The van der Waals surface area contributed by atoms with E-state index < -0.39 is 17.5 Å². The van der Waals surface area contributed by atoms with Crippen LogP contribution in [-0.2, 0) is 10.5 Å². The number of ether oxygens (including phenoxy) is 1. The number of nitriles is 1. The number of carbonyl (C=O) groups is 1. The normalized spacial score (nSPS) is 23.7. The van der Waals surface area contributed by atoms with Crippen molar-refractivity contribution in [3.63, 3.8) is 0 Å². The molecule has 2 atom stereocenters. The summed E-state index contributed by atoms with van der Waals surface area (Å²) in [6, 6.07) is 12.2. The fourth-order valence-electron chi connectivity index (χ4n) is 3.75. The van der Waals surface area contributed by atoms with Gasteiger partial charge in [-0.1, -0.05) is 18.2 Å². The average Bonchev–Trinajstić information content (AvgIpc) is 3.08. The zero-order valence-electron chi connectivity index (χ0n) is 15.4. The minimum absolute atomic E-state index is 0.0234. The van der Waals surface area contributed by atoms with E-state index in [1.54, 1.807) is 12.1 Å². The number of allylic oxidation sites excluding steroid dienone is 1. The van der Waals surface area contributed by atoms with Gasteiger partial charge in [-0.3, -0.25) is 9.69 Å². The Morgan fingerprint density at radius 2 is 2.03 bits per heavy atom. The number of phenols is 1. The van der Waals surface area contributed by atoms with Gasteiger partial charge in [0, 0.05) is 17.9 Å². The van der Waals surface area contributed by atoms with Gasteiger partial charge in [-0.2, -0.15) is 5.26 Å². The first-order valence-corrected chi connectivity index (χ1v) is 9.83. The van der Waals surface area contributed by atoms with E-state index in [1.807, 2.05) is 0 Å². The highest BCUT2D eigenvalue weighted by Gasteiger charge is 2.51. The summed E-state index contributed by atoms with van der Waals surface area (Å²) in [5.74, 6) is -0.947. The number of benzene rings is 2. The summed E-state index contributed by atoms with van der Waals surface area (Å²) in [5.41, 5.74) is -0.239. The molecule has 148 valence electrons. The van der Waals surface area contributed by atoms with Crippen LogP contribution in [0.2, 0.25) is 0 Å². The summed E-state index contributed by atoms with van der Waals surface area (Å²) < 4.78 is 18.4. The predicted molar refractivity (Wildman–Crippen MR) is 104 cm³/mol. The molecule has 0 aromatic heterocycles. The number of rotatable bonds is 3. The van der Waals surface area contributed by atoms with Gasteiger partial charge in [0.2, 0.25) is 5.91 Å². The monoisotopic (exact) mass is 412 g/mol. The minimum Gasteiger partial charge on any atom is -0.504 e. The molecular formula is C21H17FN2O4S. The van der Waals surface area contributed by atoms with Gasteiger partial charge in [-0.05, 0) is 29.8 Å². The summed E-state index contributed by atoms with van der Waals surface area (Å²) in [5, 5.41) is 31.3. The molecule has 2 heterocycles. The molecule has 0 saturated carbocycles. The summed E-state index contributed by atoms with van der Waals surface area (Å²) in [4.78, 5) is 14.3. The number of methoxy groups -OCH3 is 1. The number of hydrogen-bond acceptors (Lipinski definition) is 6. The van der Waals surface area contributed by atoms with Crippen molar-refractivity contribution >= 4 is 17.7 Å². The molecule has 2 aliphatic heterocycles. The van der Waals surface area contributed by atoms with Crippen LogP contribution in [0.3, 0.4) is 0 Å². The van der Waals surface area contributed by atoms with Crippen molar-refractivity contribution in [1.29, 1.82) is 5.26 Å². The second-order valence-corrected chi connectivity index (χ2v) is 7.82. The molecule has 29 heavy (non-hydrogen) atoms. The Kier molecular flexibility index (Phi) is 4.73. The number of hydrogen-bond donors (Lipinski definition) is 2. The summed E-state index contributed by atoms with van der Waals surface area (Å²) >= 11 is 1.22. The van der Waals surface area contributed by atoms with Gasteiger partial charge in [-0.25, -0.2) is 4.39 Å². The summed E-state index contributed by atoms with van der Waals surface area (Å²) in [7, 11) is 1.42. The lowest BCUT2D eigenvalue weighted by atomic mass is 9.85. The van der Waals surface area contributed by atoms with Gasteiger partial charge < -0.3 is 14.9 Å². The van der Waals surface area contributed by atoms with Gasteiger partial charge in [0.05, 0.1) is 29.5 Å². The first kappa shape index (κ1) is 19.3. The lowest BCUT2D eigenvalue weighted by Crippen LogP contribution is -2.48. The summed E-state index contributed by atoms with van der Waals surface area (Å²) in [6.45, 7) is 0. The number of fused-ring (bicyclic) bond motifs is 1. The lowest BCUT2D eigenvalue weighted by molar-refractivity contribution is -0.149. The van der Waals surface area contributed by atoms with Gasteiger partial charge >= 0.3 is 0 Å². The largest absolute Gasteiger partial charge is 0.504 e. The van der Waals surface area contributed by atoms with E-state index in [9.17, 15) is 24.7 Å². The van der Waals surface area contributed by atoms with E-state index in [-0.39, 0.29) is 29.6 Å². The third-order valence-electron chi connectivity index (χ3n) is 5.22. The predicted octanol–water partition coefficient (Wildman–Crippen LogP) is 3.18. The Labute approximate surface area is 170 Å². The second kappa shape index (κ2) is 7.10. The highest BCUT2D eigenvalue weighted by molar-refractivity contribution is 8.03. The number of amides is 1. The first-order chi connectivity index (χ1) is 13.9. The molecule has 2 N–H and O–H groups in total. The van der Waals surface area contributed by atoms with Crippen LogP contribution in [0.1, 0.15) is 23.5 Å². The molecule has 0 unspecified atom stereocenters. The molecule has 2 aromatic carbocycles. The molecule has 0 radical (unpaired) electrons. The first-order valence-electron chi connectivity index (χ1n) is 8.84. The van der Waals surface area contributed by atoms with Gasteiger partial charge in [0.25, 0.3) is 0 Å². The Morgan fingerprint density at radius 1 is 1.31 bits per heavy atom. The molecule has 0 bridgehead atoms. The van der Waals surface area contributed by atoms with E-state index in [1.165, 1.54) is 54.1 Å². The molecule has 6 nitrogen and oxygen atoms in total. The van der Waals surface area contributed by atoms with Crippen molar-refractivity contribution in [2.45, 2.75) is 18.1 Å². The topological polar surface area (TPSA) is 93.8 Å². The Bertz CT molecular complexity index is 1060. The van der Waals surface area contributed by atoms with Crippen molar-refractivity contribution < 1.29 is 24.1 Å². The molecule has 1 fully saturated rings. The lowest BCUT2D eigenvalue weighted by Gasteiger charge is -2.38. The third-order valence-corrected chi connectivity index (χ3v) is 6.45. The van der Waals surface area contributed by atoms with Crippen molar-refractivity contribution in [2.75, 3.05) is 12.9 Å². The summed E-state index contributed by atoms with van der Waals surface area (Å²) in [6.07, 6.45) is -0.0234. The van der Waals surface area contributed by atoms with Crippen LogP contribution in [0.25, 0.3) is 0 Å². The van der Waals surface area contributed by atoms with Crippen LogP contribution in [-0.4, -0.2) is 33.9 Å². The highest BCUT2D eigenvalue weighted by atomic mass is 32.2. The fraction of sp³-hybridized carbons (Fsp3) is 0.238. The quantitative estimate of drug-likeness (QED) is 0.804. The molecule has 1 amide bonds. The standard InChI is InChI=1S/C21H17FN2O4S/c1-28-18-8-12(2-7-17(18)25)15-9-19(26)24-20(16(15)10-23)29-11-21(24,27)13-3-5-14(22)6-4-13/h2-8,15,25,27H,9,11H2,1H3/t15-,21-/m0/s1. The fourth-order valence-corrected chi connectivity index (χ4v) is 5.11. The molecule has 2 aliphatic rings. The molecule has 4 rings (SSSR count). The van der Waals surface area contributed by atoms with E-state index in [2.05, 4.69) is 6.07 Å². The van der Waals surface area contributed by atoms with Crippen LogP contribution in [0.4, 0.5) is 4.39 Å². The van der Waals surface area contributed by atoms with Crippen molar-refractivity contribution in [3.8, 4) is 17.6 Å². The third kappa shape index (κ3) is 3.03. The average molecular weight is 412 g/mol. The van der Waals surface area contributed by atoms with Crippen LogP contribution >= 0.6 is 11.8 Å². The Balaban J connectivity index is 1.80. The molecule has 1 saturated heterocycles. The molecule has 2 aromatic rings. The zero-order valence-corrected chi connectivity index (χ0v) is 16.2. The molecule has 8 heteroatoms. The molecule has 0 spiro atoms. The number of thioether (sulfide) groups is 1. The number of aliphatic hydroxyl groups is 1. The maximum atomic E-state index is 13.3. The van der Waals surface area contributed by atoms with Gasteiger partial charge in [0.1, 0.15) is 5.82 Å². The number of aromatic hydroxyl groups is 1. The maximum Gasteiger partial charge on any atom is 0.231 e. The number of halogens is 1. The van der Waals surface area contributed by atoms with Gasteiger partial charge in [0.15, 0.2) is 17.2 Å². The van der Waals surface area contributed by atoms with Crippen LogP contribution in [0.5, 0.6) is 11.5 Å². The second-order valence-electron chi connectivity index (χ2n) is 6.86. The number of nitrogens with zero attached hydrogens (tertiary/aromatic N) is 2. The van der Waals surface area contributed by atoms with Crippen LogP contribution < -0.4 is 4.74 Å². The number of phenolic OH excluding ortho intramolecular Hbond substituents is 1. The Hall–Kier alpha value is -3.02.